The second kappa shape index (κ2) is 8.28. The van der Waals surface area contributed by atoms with Crippen molar-refractivity contribution in [2.24, 2.45) is 5.92 Å². The first-order valence-electron chi connectivity index (χ1n) is 8.19. The van der Waals surface area contributed by atoms with Gasteiger partial charge in [-0.05, 0) is 37.5 Å². The van der Waals surface area contributed by atoms with Crippen LogP contribution in [-0.2, 0) is 0 Å². The number of urea groups is 1. The van der Waals surface area contributed by atoms with Gasteiger partial charge in [-0.3, -0.25) is 0 Å². The number of aliphatic hydroxyl groups is 1. The lowest BCUT2D eigenvalue weighted by molar-refractivity contribution is -0.0498. The number of hydrogen-bond acceptors (Lipinski definition) is 3. The van der Waals surface area contributed by atoms with Crippen molar-refractivity contribution in [2.45, 2.75) is 45.4 Å². The molecule has 0 unspecified atom stereocenters. The van der Waals surface area contributed by atoms with Gasteiger partial charge in [0.2, 0.25) is 0 Å². The molecule has 1 aromatic rings. The molecule has 0 saturated carbocycles. The van der Waals surface area contributed by atoms with E-state index in [0.29, 0.717) is 19.5 Å². The highest BCUT2D eigenvalue weighted by molar-refractivity contribution is 5.75. The number of likely N-dealkylation sites (tertiary alicyclic amines) is 1. The number of aliphatic hydroxyl groups excluding tert-OH is 1. The molecule has 1 heterocycles. The standard InChI is InChI=1S/C17H24F2N2O3/c1-3-15(12-4-6-14(7-5-12)24-16(18)19)20-17(23)21-9-8-13(10-21)11(2)22/h4-7,11,13,15-16,22H,3,8-10H2,1-2H3,(H,20,23)/t11-,13-,15+/m1/s1. The molecule has 0 bridgehead atoms. The predicted molar refractivity (Wildman–Crippen MR) is 86.0 cm³/mol. The highest BCUT2D eigenvalue weighted by Crippen LogP contribution is 2.23. The maximum atomic E-state index is 12.4. The van der Waals surface area contributed by atoms with Gasteiger partial charge in [0.1, 0.15) is 5.75 Å². The monoisotopic (exact) mass is 342 g/mol. The predicted octanol–water partition coefficient (Wildman–Crippen LogP) is 3.15. The van der Waals surface area contributed by atoms with Crippen molar-refractivity contribution in [1.82, 2.24) is 10.2 Å². The maximum absolute atomic E-state index is 12.4. The first-order chi connectivity index (χ1) is 11.4. The summed E-state index contributed by atoms with van der Waals surface area (Å²) in [4.78, 5) is 14.1. The second-order valence-corrected chi connectivity index (χ2v) is 6.09. The summed E-state index contributed by atoms with van der Waals surface area (Å²) in [6.07, 6.45) is 1.04. The first-order valence-corrected chi connectivity index (χ1v) is 8.19. The largest absolute Gasteiger partial charge is 0.435 e. The van der Waals surface area contributed by atoms with Crippen LogP contribution in [0.5, 0.6) is 5.75 Å². The molecule has 0 aliphatic carbocycles. The van der Waals surface area contributed by atoms with Crippen molar-refractivity contribution in [2.75, 3.05) is 13.1 Å². The first kappa shape index (κ1) is 18.4. The van der Waals surface area contributed by atoms with Gasteiger partial charge in [-0.15, -0.1) is 0 Å². The van der Waals surface area contributed by atoms with Gasteiger partial charge in [-0.1, -0.05) is 19.1 Å². The highest BCUT2D eigenvalue weighted by atomic mass is 19.3. The third-order valence-electron chi connectivity index (χ3n) is 4.41. The normalized spacial score (nSPS) is 20.1. The molecule has 7 heteroatoms. The van der Waals surface area contributed by atoms with Gasteiger partial charge in [0.25, 0.3) is 0 Å². The Kier molecular flexibility index (Phi) is 6.36. The SMILES string of the molecule is CC[C@H](NC(=O)N1CC[C@@H]([C@@H](C)O)C1)c1ccc(OC(F)F)cc1. The highest BCUT2D eigenvalue weighted by Gasteiger charge is 2.29. The molecular weight excluding hydrogens is 318 g/mol. The Morgan fingerprint density at radius 1 is 1.42 bits per heavy atom. The summed E-state index contributed by atoms with van der Waals surface area (Å²) >= 11 is 0. The number of ether oxygens (including phenoxy) is 1. The van der Waals surface area contributed by atoms with Crippen molar-refractivity contribution in [1.29, 1.82) is 0 Å². The molecule has 1 aromatic carbocycles. The molecule has 134 valence electrons. The van der Waals surface area contributed by atoms with E-state index < -0.39 is 12.7 Å². The topological polar surface area (TPSA) is 61.8 Å². The lowest BCUT2D eigenvalue weighted by atomic mass is 10.0. The van der Waals surface area contributed by atoms with Crippen LogP contribution < -0.4 is 10.1 Å². The average molecular weight is 342 g/mol. The van der Waals surface area contributed by atoms with Gasteiger partial charge in [-0.2, -0.15) is 8.78 Å². The van der Waals surface area contributed by atoms with Gasteiger partial charge in [0, 0.05) is 19.0 Å². The Balaban J connectivity index is 1.95. The zero-order valence-electron chi connectivity index (χ0n) is 13.9. The van der Waals surface area contributed by atoms with Gasteiger partial charge in [0.05, 0.1) is 12.1 Å². The number of halogens is 2. The maximum Gasteiger partial charge on any atom is 0.387 e. The van der Waals surface area contributed by atoms with E-state index in [-0.39, 0.29) is 23.7 Å². The van der Waals surface area contributed by atoms with Crippen LogP contribution in [0.2, 0.25) is 0 Å². The molecule has 2 N–H and O–H groups in total. The molecule has 1 aliphatic heterocycles. The minimum Gasteiger partial charge on any atom is -0.435 e. The number of hydrogen-bond donors (Lipinski definition) is 2. The number of alkyl halides is 2. The summed E-state index contributed by atoms with van der Waals surface area (Å²) < 4.78 is 28.7. The van der Waals surface area contributed by atoms with Crippen molar-refractivity contribution < 1.29 is 23.4 Å². The van der Waals surface area contributed by atoms with E-state index in [4.69, 9.17) is 0 Å². The number of nitrogens with one attached hydrogen (secondary N) is 1. The molecule has 24 heavy (non-hydrogen) atoms. The number of amides is 2. The number of carbonyl (C=O) groups excluding carboxylic acids is 1. The number of carbonyl (C=O) groups is 1. The zero-order valence-corrected chi connectivity index (χ0v) is 13.9. The van der Waals surface area contributed by atoms with Gasteiger partial charge in [0.15, 0.2) is 0 Å². The molecule has 1 fully saturated rings. The van der Waals surface area contributed by atoms with Crippen LogP contribution in [0.3, 0.4) is 0 Å². The van der Waals surface area contributed by atoms with Gasteiger partial charge in [-0.25, -0.2) is 4.79 Å². The lowest BCUT2D eigenvalue weighted by Crippen LogP contribution is -2.40. The Bertz CT molecular complexity index is 537. The molecule has 0 spiro atoms. The zero-order chi connectivity index (χ0) is 17.7. The number of rotatable bonds is 6. The Morgan fingerprint density at radius 2 is 2.08 bits per heavy atom. The fourth-order valence-corrected chi connectivity index (χ4v) is 2.91. The van der Waals surface area contributed by atoms with E-state index in [1.54, 1.807) is 24.0 Å². The summed E-state index contributed by atoms with van der Waals surface area (Å²) in [5, 5.41) is 12.6. The number of nitrogens with zero attached hydrogens (tertiary/aromatic N) is 1. The van der Waals surface area contributed by atoms with E-state index in [1.807, 2.05) is 6.92 Å². The van der Waals surface area contributed by atoms with Crippen LogP contribution in [0.15, 0.2) is 24.3 Å². The van der Waals surface area contributed by atoms with Gasteiger partial charge >= 0.3 is 12.6 Å². The van der Waals surface area contributed by atoms with Crippen LogP contribution in [0.1, 0.15) is 38.3 Å². The van der Waals surface area contributed by atoms with Crippen LogP contribution in [0.25, 0.3) is 0 Å². The fourth-order valence-electron chi connectivity index (χ4n) is 2.91. The third-order valence-corrected chi connectivity index (χ3v) is 4.41. The molecule has 1 aliphatic rings. The fraction of sp³-hybridized carbons (Fsp3) is 0.588. The minimum absolute atomic E-state index is 0.0919. The molecule has 2 rings (SSSR count). The summed E-state index contributed by atoms with van der Waals surface area (Å²) in [7, 11) is 0. The Labute approximate surface area is 140 Å². The molecule has 3 atom stereocenters. The molecular formula is C17H24F2N2O3. The van der Waals surface area contributed by atoms with Crippen molar-refractivity contribution in [3.63, 3.8) is 0 Å². The van der Waals surface area contributed by atoms with Crippen molar-refractivity contribution in [3.05, 3.63) is 29.8 Å². The quantitative estimate of drug-likeness (QED) is 0.835. The Hall–Kier alpha value is -1.89. The van der Waals surface area contributed by atoms with Crippen molar-refractivity contribution in [3.8, 4) is 5.75 Å². The minimum atomic E-state index is -2.85. The van der Waals surface area contributed by atoms with Crippen LogP contribution in [0.4, 0.5) is 13.6 Å². The van der Waals surface area contributed by atoms with Crippen LogP contribution in [-0.4, -0.2) is 41.8 Å². The third kappa shape index (κ3) is 4.80. The number of benzene rings is 1. The average Bonchev–Trinajstić information content (AvgIpc) is 3.03. The summed E-state index contributed by atoms with van der Waals surface area (Å²) in [5.74, 6) is 0.204. The summed E-state index contributed by atoms with van der Waals surface area (Å²) in [5.41, 5.74) is 0.832. The lowest BCUT2D eigenvalue weighted by Gasteiger charge is -2.23. The van der Waals surface area contributed by atoms with E-state index in [0.717, 1.165) is 12.0 Å². The van der Waals surface area contributed by atoms with E-state index >= 15 is 0 Å². The Morgan fingerprint density at radius 3 is 2.58 bits per heavy atom. The van der Waals surface area contributed by atoms with Crippen molar-refractivity contribution >= 4 is 6.03 Å². The van der Waals surface area contributed by atoms with E-state index in [1.165, 1.54) is 12.1 Å². The molecule has 0 radical (unpaired) electrons. The van der Waals surface area contributed by atoms with E-state index in [2.05, 4.69) is 10.1 Å². The second-order valence-electron chi connectivity index (χ2n) is 6.09. The van der Waals surface area contributed by atoms with Gasteiger partial charge < -0.3 is 20.1 Å². The van der Waals surface area contributed by atoms with Crippen LogP contribution >= 0.6 is 0 Å². The summed E-state index contributed by atoms with van der Waals surface area (Å²) in [6.45, 7) is 2.00. The smallest absolute Gasteiger partial charge is 0.387 e. The summed E-state index contributed by atoms with van der Waals surface area (Å²) in [6, 6.07) is 5.91. The molecule has 1 saturated heterocycles. The van der Waals surface area contributed by atoms with E-state index in [9.17, 15) is 18.7 Å². The molecule has 0 aromatic heterocycles. The van der Waals surface area contributed by atoms with Crippen LogP contribution in [0, 0.1) is 5.92 Å². The molecule has 5 nitrogen and oxygen atoms in total. The molecule has 2 amide bonds.